The maximum atomic E-state index is 12.1. The van der Waals surface area contributed by atoms with Crippen LogP contribution in [0.25, 0.3) is 0 Å². The predicted molar refractivity (Wildman–Crippen MR) is 97.6 cm³/mol. The third-order valence-electron chi connectivity index (χ3n) is 3.28. The minimum absolute atomic E-state index is 0.240. The van der Waals surface area contributed by atoms with Gasteiger partial charge in [0.25, 0.3) is 5.91 Å². The molecule has 6 nitrogen and oxygen atoms in total. The molecular formula is C17H16Cl2N2O4. The molecule has 0 atom stereocenters. The SMILES string of the molecule is COc1cc(OC)c(OC)cc1/C=N/NC(=O)c1ccc(Cl)cc1Cl. The Hall–Kier alpha value is -2.44. The molecule has 0 radical (unpaired) electrons. The van der Waals surface area contributed by atoms with Gasteiger partial charge < -0.3 is 14.2 Å². The van der Waals surface area contributed by atoms with Crippen LogP contribution in [-0.2, 0) is 0 Å². The quantitative estimate of drug-likeness (QED) is 0.609. The molecule has 132 valence electrons. The Kier molecular flexibility index (Phi) is 6.50. The van der Waals surface area contributed by atoms with Crippen LogP contribution in [0.2, 0.25) is 10.0 Å². The van der Waals surface area contributed by atoms with Crippen LogP contribution in [0.4, 0.5) is 0 Å². The number of hydrogen-bond donors (Lipinski definition) is 1. The van der Waals surface area contributed by atoms with E-state index >= 15 is 0 Å². The number of carbonyl (C=O) groups is 1. The van der Waals surface area contributed by atoms with Crippen molar-refractivity contribution in [3.05, 3.63) is 51.5 Å². The molecule has 0 saturated heterocycles. The molecule has 2 rings (SSSR count). The molecule has 0 aliphatic heterocycles. The summed E-state index contributed by atoms with van der Waals surface area (Å²) in [6.45, 7) is 0. The summed E-state index contributed by atoms with van der Waals surface area (Å²) in [4.78, 5) is 12.1. The van der Waals surface area contributed by atoms with Gasteiger partial charge in [-0.1, -0.05) is 23.2 Å². The molecule has 0 bridgehead atoms. The van der Waals surface area contributed by atoms with Crippen LogP contribution in [0.3, 0.4) is 0 Å². The molecular weight excluding hydrogens is 367 g/mol. The molecule has 1 N–H and O–H groups in total. The van der Waals surface area contributed by atoms with Crippen molar-refractivity contribution in [1.82, 2.24) is 5.43 Å². The van der Waals surface area contributed by atoms with E-state index in [1.165, 1.54) is 39.7 Å². The van der Waals surface area contributed by atoms with Crippen molar-refractivity contribution in [2.24, 2.45) is 5.10 Å². The summed E-state index contributed by atoms with van der Waals surface area (Å²) in [5.74, 6) is 1.09. The highest BCUT2D eigenvalue weighted by Gasteiger charge is 2.12. The summed E-state index contributed by atoms with van der Waals surface area (Å²) in [5.41, 5.74) is 3.27. The van der Waals surface area contributed by atoms with E-state index < -0.39 is 5.91 Å². The fourth-order valence-corrected chi connectivity index (χ4v) is 2.54. The third kappa shape index (κ3) is 4.55. The number of methoxy groups -OCH3 is 3. The van der Waals surface area contributed by atoms with Crippen molar-refractivity contribution in [3.63, 3.8) is 0 Å². The van der Waals surface area contributed by atoms with Crippen LogP contribution >= 0.6 is 23.2 Å². The van der Waals surface area contributed by atoms with Gasteiger partial charge in [0.05, 0.1) is 38.1 Å². The van der Waals surface area contributed by atoms with Gasteiger partial charge in [0.15, 0.2) is 11.5 Å². The first-order valence-electron chi connectivity index (χ1n) is 7.08. The van der Waals surface area contributed by atoms with E-state index in [1.54, 1.807) is 18.2 Å². The molecule has 2 aromatic carbocycles. The summed E-state index contributed by atoms with van der Waals surface area (Å²) in [5, 5.41) is 4.61. The Labute approximate surface area is 155 Å². The van der Waals surface area contributed by atoms with Crippen molar-refractivity contribution >= 4 is 35.3 Å². The highest BCUT2D eigenvalue weighted by Crippen LogP contribution is 2.33. The van der Waals surface area contributed by atoms with Gasteiger partial charge in [0, 0.05) is 16.7 Å². The van der Waals surface area contributed by atoms with Gasteiger partial charge >= 0.3 is 0 Å². The van der Waals surface area contributed by atoms with Gasteiger partial charge in [-0.2, -0.15) is 5.10 Å². The third-order valence-corrected chi connectivity index (χ3v) is 3.83. The molecule has 25 heavy (non-hydrogen) atoms. The lowest BCUT2D eigenvalue weighted by Crippen LogP contribution is -2.18. The Balaban J connectivity index is 2.20. The largest absolute Gasteiger partial charge is 0.496 e. The minimum Gasteiger partial charge on any atom is -0.496 e. The van der Waals surface area contributed by atoms with E-state index in [9.17, 15) is 4.79 Å². The Morgan fingerprint density at radius 2 is 1.64 bits per heavy atom. The van der Waals surface area contributed by atoms with Crippen molar-refractivity contribution in [2.75, 3.05) is 21.3 Å². The standard InChI is InChI=1S/C17H16Cl2N2O4/c1-23-14-8-16(25-3)15(24-2)6-10(14)9-20-21-17(22)12-5-4-11(18)7-13(12)19/h4-9H,1-3H3,(H,21,22)/b20-9+. The highest BCUT2D eigenvalue weighted by molar-refractivity contribution is 6.36. The smallest absolute Gasteiger partial charge is 0.272 e. The molecule has 0 aromatic heterocycles. The number of amides is 1. The van der Waals surface area contributed by atoms with E-state index in [1.807, 2.05) is 0 Å². The lowest BCUT2D eigenvalue weighted by molar-refractivity contribution is 0.0955. The fraction of sp³-hybridized carbons (Fsp3) is 0.176. The number of carbonyl (C=O) groups excluding carboxylic acids is 1. The first kappa shape index (κ1) is 18.9. The van der Waals surface area contributed by atoms with Gasteiger partial charge in [-0.3, -0.25) is 4.79 Å². The van der Waals surface area contributed by atoms with E-state index in [-0.39, 0.29) is 10.6 Å². The summed E-state index contributed by atoms with van der Waals surface area (Å²) in [7, 11) is 4.57. The Morgan fingerprint density at radius 1 is 1.00 bits per heavy atom. The van der Waals surface area contributed by atoms with E-state index in [0.717, 1.165) is 0 Å². The van der Waals surface area contributed by atoms with Crippen molar-refractivity contribution in [2.45, 2.75) is 0 Å². The number of halogens is 2. The van der Waals surface area contributed by atoms with E-state index in [0.29, 0.717) is 27.8 Å². The van der Waals surface area contributed by atoms with Crippen LogP contribution in [0.15, 0.2) is 35.4 Å². The number of ether oxygens (including phenoxy) is 3. The Bertz CT molecular complexity index is 809. The zero-order valence-electron chi connectivity index (χ0n) is 13.8. The second kappa shape index (κ2) is 8.60. The minimum atomic E-state index is -0.461. The zero-order valence-corrected chi connectivity index (χ0v) is 15.3. The second-order valence-electron chi connectivity index (χ2n) is 4.77. The van der Waals surface area contributed by atoms with Gasteiger partial charge in [-0.05, 0) is 24.3 Å². The summed E-state index contributed by atoms with van der Waals surface area (Å²) < 4.78 is 15.7. The number of nitrogens with one attached hydrogen (secondary N) is 1. The number of hydrogen-bond acceptors (Lipinski definition) is 5. The first-order chi connectivity index (χ1) is 12.0. The number of benzene rings is 2. The second-order valence-corrected chi connectivity index (χ2v) is 5.62. The highest BCUT2D eigenvalue weighted by atomic mass is 35.5. The molecule has 0 aliphatic carbocycles. The lowest BCUT2D eigenvalue weighted by atomic mass is 10.2. The van der Waals surface area contributed by atoms with Gasteiger partial charge in [0.1, 0.15) is 5.75 Å². The molecule has 1 amide bonds. The predicted octanol–water partition coefficient (Wildman–Crippen LogP) is 3.78. The molecule has 0 saturated carbocycles. The molecule has 0 aliphatic rings. The van der Waals surface area contributed by atoms with Crippen LogP contribution in [0.1, 0.15) is 15.9 Å². The van der Waals surface area contributed by atoms with Gasteiger partial charge in [0.2, 0.25) is 0 Å². The van der Waals surface area contributed by atoms with Crippen LogP contribution in [-0.4, -0.2) is 33.5 Å². The van der Waals surface area contributed by atoms with Gasteiger partial charge in [-0.15, -0.1) is 0 Å². The first-order valence-corrected chi connectivity index (χ1v) is 7.84. The van der Waals surface area contributed by atoms with E-state index in [4.69, 9.17) is 37.4 Å². The number of hydrazone groups is 1. The van der Waals surface area contributed by atoms with Crippen molar-refractivity contribution in [3.8, 4) is 17.2 Å². The summed E-state index contributed by atoms with van der Waals surface area (Å²) >= 11 is 11.8. The van der Waals surface area contributed by atoms with Crippen LogP contribution < -0.4 is 19.6 Å². The van der Waals surface area contributed by atoms with Crippen molar-refractivity contribution < 1.29 is 19.0 Å². The maximum absolute atomic E-state index is 12.1. The molecule has 8 heteroatoms. The molecule has 0 fully saturated rings. The average Bonchev–Trinajstić information content (AvgIpc) is 2.60. The topological polar surface area (TPSA) is 69.2 Å². The fourth-order valence-electron chi connectivity index (χ4n) is 2.05. The molecule has 2 aromatic rings. The zero-order chi connectivity index (χ0) is 18.4. The lowest BCUT2D eigenvalue weighted by Gasteiger charge is -2.11. The monoisotopic (exact) mass is 382 g/mol. The van der Waals surface area contributed by atoms with E-state index in [2.05, 4.69) is 10.5 Å². The van der Waals surface area contributed by atoms with Crippen molar-refractivity contribution in [1.29, 1.82) is 0 Å². The Morgan fingerprint density at radius 3 is 2.24 bits per heavy atom. The normalized spacial score (nSPS) is 10.6. The van der Waals surface area contributed by atoms with Gasteiger partial charge in [-0.25, -0.2) is 5.43 Å². The average molecular weight is 383 g/mol. The molecule has 0 unspecified atom stereocenters. The van der Waals surface area contributed by atoms with Crippen LogP contribution in [0, 0.1) is 0 Å². The molecule has 0 heterocycles. The molecule has 0 spiro atoms. The summed E-state index contributed by atoms with van der Waals surface area (Å²) in [6.07, 6.45) is 1.43. The number of rotatable bonds is 6. The summed E-state index contributed by atoms with van der Waals surface area (Å²) in [6, 6.07) is 7.93. The maximum Gasteiger partial charge on any atom is 0.272 e. The number of nitrogens with zero attached hydrogens (tertiary/aromatic N) is 1. The van der Waals surface area contributed by atoms with Crippen LogP contribution in [0.5, 0.6) is 17.2 Å².